The van der Waals surface area contributed by atoms with Gasteiger partial charge in [0, 0.05) is 44.4 Å². The Morgan fingerprint density at radius 3 is 3.00 bits per heavy atom. The van der Waals surface area contributed by atoms with Crippen LogP contribution in [0.25, 0.3) is 0 Å². The van der Waals surface area contributed by atoms with Gasteiger partial charge in [0.1, 0.15) is 0 Å². The molecule has 0 aromatic carbocycles. The third-order valence-corrected chi connectivity index (χ3v) is 3.53. The highest BCUT2D eigenvalue weighted by molar-refractivity contribution is 5.76. The van der Waals surface area contributed by atoms with Crippen LogP contribution in [0.2, 0.25) is 0 Å². The standard InChI is InChI=1S/C11H19N3O/c1-14-7-8(2-3-11(14)15)9-4-5-13-6-10(9)12/h6,8-9,13H,2-5,7,12H2,1H3. The van der Waals surface area contributed by atoms with E-state index in [9.17, 15) is 4.79 Å². The van der Waals surface area contributed by atoms with Gasteiger partial charge < -0.3 is 16.0 Å². The summed E-state index contributed by atoms with van der Waals surface area (Å²) in [4.78, 5) is 13.2. The summed E-state index contributed by atoms with van der Waals surface area (Å²) in [6.07, 6.45) is 4.68. The van der Waals surface area contributed by atoms with Crippen LogP contribution in [-0.4, -0.2) is 30.9 Å². The van der Waals surface area contributed by atoms with Crippen molar-refractivity contribution in [1.82, 2.24) is 10.2 Å². The van der Waals surface area contributed by atoms with Gasteiger partial charge in [0.15, 0.2) is 0 Å². The summed E-state index contributed by atoms with van der Waals surface area (Å²) < 4.78 is 0. The van der Waals surface area contributed by atoms with E-state index >= 15 is 0 Å². The fourth-order valence-electron chi connectivity index (χ4n) is 2.58. The van der Waals surface area contributed by atoms with Gasteiger partial charge in [-0.1, -0.05) is 0 Å². The summed E-state index contributed by atoms with van der Waals surface area (Å²) in [7, 11) is 1.88. The second kappa shape index (κ2) is 4.13. The molecule has 4 heteroatoms. The number of carbonyl (C=O) groups excluding carboxylic acids is 1. The molecule has 2 aliphatic rings. The van der Waals surface area contributed by atoms with Crippen molar-refractivity contribution in [1.29, 1.82) is 0 Å². The van der Waals surface area contributed by atoms with Crippen molar-refractivity contribution in [2.45, 2.75) is 19.3 Å². The molecule has 2 atom stereocenters. The molecule has 15 heavy (non-hydrogen) atoms. The molecule has 1 fully saturated rings. The molecule has 0 aromatic heterocycles. The van der Waals surface area contributed by atoms with Crippen molar-refractivity contribution < 1.29 is 4.79 Å². The minimum atomic E-state index is 0.266. The Bertz CT molecular complexity index is 288. The zero-order chi connectivity index (χ0) is 10.8. The van der Waals surface area contributed by atoms with E-state index in [2.05, 4.69) is 5.32 Å². The SMILES string of the molecule is CN1CC(C2CCNC=C2N)CCC1=O. The maximum atomic E-state index is 11.4. The third-order valence-electron chi connectivity index (χ3n) is 3.53. The van der Waals surface area contributed by atoms with Crippen LogP contribution in [0.15, 0.2) is 11.9 Å². The van der Waals surface area contributed by atoms with Crippen molar-refractivity contribution >= 4 is 5.91 Å². The average Bonchev–Trinajstić information content (AvgIpc) is 2.23. The van der Waals surface area contributed by atoms with Crippen LogP contribution in [0.5, 0.6) is 0 Å². The molecule has 0 spiro atoms. The Labute approximate surface area is 90.5 Å². The third kappa shape index (κ3) is 2.08. The van der Waals surface area contributed by atoms with Crippen LogP contribution in [0.3, 0.4) is 0 Å². The Hall–Kier alpha value is -1.19. The summed E-state index contributed by atoms with van der Waals surface area (Å²) in [6.45, 7) is 1.86. The van der Waals surface area contributed by atoms with Crippen LogP contribution in [0.4, 0.5) is 0 Å². The van der Waals surface area contributed by atoms with Gasteiger partial charge in [-0.15, -0.1) is 0 Å². The van der Waals surface area contributed by atoms with Gasteiger partial charge in [-0.3, -0.25) is 4.79 Å². The van der Waals surface area contributed by atoms with E-state index < -0.39 is 0 Å². The number of hydrogen-bond donors (Lipinski definition) is 2. The zero-order valence-electron chi connectivity index (χ0n) is 9.20. The van der Waals surface area contributed by atoms with E-state index in [1.165, 1.54) is 0 Å². The van der Waals surface area contributed by atoms with Gasteiger partial charge in [0.05, 0.1) is 0 Å². The lowest BCUT2D eigenvalue weighted by Crippen LogP contribution is -2.42. The topological polar surface area (TPSA) is 58.4 Å². The lowest BCUT2D eigenvalue weighted by atomic mass is 9.80. The molecule has 84 valence electrons. The van der Waals surface area contributed by atoms with Crippen molar-refractivity contribution in [3.05, 3.63) is 11.9 Å². The number of amides is 1. The zero-order valence-corrected chi connectivity index (χ0v) is 9.20. The normalized spacial score (nSPS) is 32.2. The largest absolute Gasteiger partial charge is 0.401 e. The van der Waals surface area contributed by atoms with Gasteiger partial charge >= 0.3 is 0 Å². The summed E-state index contributed by atoms with van der Waals surface area (Å²) in [5.74, 6) is 1.27. The molecule has 2 rings (SSSR count). The summed E-state index contributed by atoms with van der Waals surface area (Å²) in [5, 5.41) is 3.16. The second-order valence-electron chi connectivity index (χ2n) is 4.57. The Balaban J connectivity index is 2.02. The van der Waals surface area contributed by atoms with Gasteiger partial charge in [0.25, 0.3) is 0 Å². The average molecular weight is 209 g/mol. The number of nitrogens with zero attached hydrogens (tertiary/aromatic N) is 1. The molecule has 0 aliphatic carbocycles. The van der Waals surface area contributed by atoms with Gasteiger partial charge in [-0.05, 0) is 18.8 Å². The van der Waals surface area contributed by atoms with Crippen LogP contribution in [0, 0.1) is 11.8 Å². The first kappa shape index (κ1) is 10.3. The first-order valence-corrected chi connectivity index (χ1v) is 5.61. The van der Waals surface area contributed by atoms with Crippen molar-refractivity contribution in [2.75, 3.05) is 20.1 Å². The molecule has 0 radical (unpaired) electrons. The van der Waals surface area contributed by atoms with Crippen molar-refractivity contribution in [3.8, 4) is 0 Å². The van der Waals surface area contributed by atoms with E-state index in [0.29, 0.717) is 18.3 Å². The minimum Gasteiger partial charge on any atom is -0.401 e. The second-order valence-corrected chi connectivity index (χ2v) is 4.57. The van der Waals surface area contributed by atoms with Gasteiger partial charge in [0.2, 0.25) is 5.91 Å². The maximum Gasteiger partial charge on any atom is 0.222 e. The Morgan fingerprint density at radius 1 is 1.53 bits per heavy atom. The number of nitrogens with one attached hydrogen (secondary N) is 1. The lowest BCUT2D eigenvalue weighted by molar-refractivity contribution is -0.133. The molecule has 2 heterocycles. The van der Waals surface area contributed by atoms with Crippen molar-refractivity contribution in [2.24, 2.45) is 17.6 Å². The predicted octanol–water partition coefficient (Wildman–Crippen LogP) is 0.264. The van der Waals surface area contributed by atoms with E-state index in [-0.39, 0.29) is 5.91 Å². The molecule has 0 saturated carbocycles. The van der Waals surface area contributed by atoms with E-state index in [4.69, 9.17) is 5.73 Å². The lowest BCUT2D eigenvalue weighted by Gasteiger charge is -2.36. The van der Waals surface area contributed by atoms with E-state index in [1.807, 2.05) is 18.1 Å². The van der Waals surface area contributed by atoms with Crippen LogP contribution < -0.4 is 11.1 Å². The molecule has 0 bridgehead atoms. The molecule has 3 N–H and O–H groups in total. The molecular formula is C11H19N3O. The van der Waals surface area contributed by atoms with E-state index in [1.54, 1.807) is 0 Å². The summed E-state index contributed by atoms with van der Waals surface area (Å²) in [5.41, 5.74) is 6.94. The first-order chi connectivity index (χ1) is 7.18. The van der Waals surface area contributed by atoms with Gasteiger partial charge in [-0.2, -0.15) is 0 Å². The molecule has 4 nitrogen and oxygen atoms in total. The minimum absolute atomic E-state index is 0.266. The summed E-state index contributed by atoms with van der Waals surface area (Å²) in [6, 6.07) is 0. The highest BCUT2D eigenvalue weighted by Gasteiger charge is 2.31. The molecule has 1 amide bonds. The number of rotatable bonds is 1. The Morgan fingerprint density at radius 2 is 2.33 bits per heavy atom. The predicted molar refractivity (Wildman–Crippen MR) is 58.7 cm³/mol. The Kier molecular flexibility index (Phi) is 2.84. The maximum absolute atomic E-state index is 11.4. The molecular weight excluding hydrogens is 190 g/mol. The van der Waals surface area contributed by atoms with Crippen LogP contribution in [0.1, 0.15) is 19.3 Å². The fraction of sp³-hybridized carbons (Fsp3) is 0.727. The monoisotopic (exact) mass is 209 g/mol. The first-order valence-electron chi connectivity index (χ1n) is 5.61. The molecule has 1 saturated heterocycles. The highest BCUT2D eigenvalue weighted by atomic mass is 16.2. The molecule has 0 aromatic rings. The van der Waals surface area contributed by atoms with E-state index in [0.717, 1.165) is 31.6 Å². The number of hydrogen-bond acceptors (Lipinski definition) is 3. The number of piperidine rings is 1. The molecule has 2 aliphatic heterocycles. The number of carbonyl (C=O) groups is 1. The van der Waals surface area contributed by atoms with Crippen LogP contribution >= 0.6 is 0 Å². The van der Waals surface area contributed by atoms with Crippen LogP contribution in [-0.2, 0) is 4.79 Å². The quantitative estimate of drug-likeness (QED) is 0.651. The number of likely N-dealkylation sites (tertiary alicyclic amines) is 1. The number of nitrogens with two attached hydrogens (primary N) is 1. The van der Waals surface area contributed by atoms with Gasteiger partial charge in [-0.25, -0.2) is 0 Å². The highest BCUT2D eigenvalue weighted by Crippen LogP contribution is 2.30. The van der Waals surface area contributed by atoms with Crippen molar-refractivity contribution in [3.63, 3.8) is 0 Å². The smallest absolute Gasteiger partial charge is 0.222 e. The molecule has 2 unspecified atom stereocenters. The number of allylic oxidation sites excluding steroid dienone is 1. The summed E-state index contributed by atoms with van der Waals surface area (Å²) >= 11 is 0. The fourth-order valence-corrected chi connectivity index (χ4v) is 2.58.